The SMILES string of the molecule is CC(=O)N(Cc1ccccc1)[C@@H](C(=S)NCc1ccccc1)C(C)C. The number of benzene rings is 2. The van der Waals surface area contributed by atoms with Crippen LogP contribution in [-0.2, 0) is 17.9 Å². The van der Waals surface area contributed by atoms with Crippen molar-refractivity contribution >= 4 is 23.1 Å². The largest absolute Gasteiger partial charge is 0.374 e. The summed E-state index contributed by atoms with van der Waals surface area (Å²) in [6.07, 6.45) is 0. The summed E-state index contributed by atoms with van der Waals surface area (Å²) in [5.41, 5.74) is 2.28. The molecule has 2 aromatic carbocycles. The Hall–Kier alpha value is -2.20. The van der Waals surface area contributed by atoms with Gasteiger partial charge in [0.25, 0.3) is 0 Å². The van der Waals surface area contributed by atoms with Crippen molar-refractivity contribution in [2.24, 2.45) is 5.92 Å². The fourth-order valence-electron chi connectivity index (χ4n) is 2.88. The molecule has 0 heterocycles. The van der Waals surface area contributed by atoms with Crippen molar-refractivity contribution in [3.8, 4) is 0 Å². The van der Waals surface area contributed by atoms with E-state index in [-0.39, 0.29) is 17.9 Å². The highest BCUT2D eigenvalue weighted by atomic mass is 32.1. The van der Waals surface area contributed by atoms with Crippen LogP contribution in [0.25, 0.3) is 0 Å². The van der Waals surface area contributed by atoms with E-state index in [1.807, 2.05) is 53.4 Å². The van der Waals surface area contributed by atoms with Gasteiger partial charge in [0.05, 0.1) is 11.0 Å². The third-order valence-corrected chi connectivity index (χ3v) is 4.53. The average Bonchev–Trinajstić information content (AvgIpc) is 2.61. The standard InChI is InChI=1S/C21H26N2OS/c1-16(2)20(21(25)22-14-18-10-6-4-7-11-18)23(17(3)24)15-19-12-8-5-9-13-19/h4-13,16,20H,14-15H2,1-3H3,(H,22,25)/t20-/m1/s1. The van der Waals surface area contributed by atoms with E-state index in [1.165, 1.54) is 5.56 Å². The Bertz CT molecular complexity index is 686. The third-order valence-electron chi connectivity index (χ3n) is 4.15. The van der Waals surface area contributed by atoms with Gasteiger partial charge in [0.1, 0.15) is 0 Å². The minimum absolute atomic E-state index is 0.0337. The monoisotopic (exact) mass is 354 g/mol. The first-order chi connectivity index (χ1) is 12.0. The van der Waals surface area contributed by atoms with Crippen LogP contribution in [0, 0.1) is 5.92 Å². The summed E-state index contributed by atoms with van der Waals surface area (Å²) >= 11 is 5.66. The molecule has 0 bridgehead atoms. The van der Waals surface area contributed by atoms with E-state index in [2.05, 4.69) is 31.3 Å². The number of rotatable bonds is 7. The van der Waals surface area contributed by atoms with Crippen LogP contribution in [-0.4, -0.2) is 21.8 Å². The molecule has 1 atom stereocenters. The molecule has 0 aliphatic carbocycles. The molecule has 0 radical (unpaired) electrons. The fraction of sp³-hybridized carbons (Fsp3) is 0.333. The van der Waals surface area contributed by atoms with Gasteiger partial charge in [0, 0.05) is 20.0 Å². The molecule has 0 aromatic heterocycles. The minimum atomic E-state index is -0.128. The van der Waals surface area contributed by atoms with Crippen LogP contribution in [0.5, 0.6) is 0 Å². The first-order valence-electron chi connectivity index (χ1n) is 8.62. The lowest BCUT2D eigenvalue weighted by molar-refractivity contribution is -0.131. The van der Waals surface area contributed by atoms with Gasteiger partial charge in [-0.2, -0.15) is 0 Å². The third kappa shape index (κ3) is 5.68. The number of carbonyl (C=O) groups excluding carboxylic acids is 1. The van der Waals surface area contributed by atoms with Crippen molar-refractivity contribution in [3.63, 3.8) is 0 Å². The van der Waals surface area contributed by atoms with E-state index in [1.54, 1.807) is 6.92 Å². The van der Waals surface area contributed by atoms with Crippen LogP contribution < -0.4 is 5.32 Å². The second-order valence-corrected chi connectivity index (χ2v) is 6.96. The first-order valence-corrected chi connectivity index (χ1v) is 9.02. The maximum absolute atomic E-state index is 12.3. The lowest BCUT2D eigenvalue weighted by Crippen LogP contribution is -2.50. The lowest BCUT2D eigenvalue weighted by atomic mass is 10.0. The van der Waals surface area contributed by atoms with E-state index in [4.69, 9.17) is 12.2 Å². The number of thiocarbonyl (C=S) groups is 1. The smallest absolute Gasteiger partial charge is 0.220 e. The Morgan fingerprint density at radius 2 is 1.52 bits per heavy atom. The highest BCUT2D eigenvalue weighted by Gasteiger charge is 2.28. The molecule has 0 saturated carbocycles. The summed E-state index contributed by atoms with van der Waals surface area (Å²) in [5.74, 6) is 0.259. The van der Waals surface area contributed by atoms with Gasteiger partial charge < -0.3 is 10.2 Å². The molecule has 25 heavy (non-hydrogen) atoms. The van der Waals surface area contributed by atoms with Gasteiger partial charge in [-0.15, -0.1) is 0 Å². The first kappa shape index (κ1) is 19.1. The Balaban J connectivity index is 2.12. The number of nitrogens with zero attached hydrogens (tertiary/aromatic N) is 1. The van der Waals surface area contributed by atoms with Gasteiger partial charge >= 0.3 is 0 Å². The second kappa shape index (κ2) is 9.33. The zero-order valence-electron chi connectivity index (χ0n) is 15.1. The zero-order valence-corrected chi connectivity index (χ0v) is 15.9. The molecule has 2 aromatic rings. The second-order valence-electron chi connectivity index (χ2n) is 6.52. The van der Waals surface area contributed by atoms with Gasteiger partial charge in [-0.1, -0.05) is 86.7 Å². The molecule has 2 rings (SSSR count). The Morgan fingerprint density at radius 1 is 1.00 bits per heavy atom. The Kier molecular flexibility index (Phi) is 7.14. The molecular formula is C21H26N2OS. The fourth-order valence-corrected chi connectivity index (χ4v) is 3.35. The molecular weight excluding hydrogens is 328 g/mol. The van der Waals surface area contributed by atoms with E-state index in [9.17, 15) is 4.79 Å². The molecule has 3 nitrogen and oxygen atoms in total. The van der Waals surface area contributed by atoms with Crippen LogP contribution in [0.4, 0.5) is 0 Å². The molecule has 0 aliphatic rings. The average molecular weight is 355 g/mol. The van der Waals surface area contributed by atoms with Crippen LogP contribution in [0.2, 0.25) is 0 Å². The van der Waals surface area contributed by atoms with Crippen LogP contribution in [0.15, 0.2) is 60.7 Å². The lowest BCUT2D eigenvalue weighted by Gasteiger charge is -2.34. The van der Waals surface area contributed by atoms with Crippen molar-refractivity contribution < 1.29 is 4.79 Å². The van der Waals surface area contributed by atoms with E-state index in [0.29, 0.717) is 18.1 Å². The maximum atomic E-state index is 12.3. The topological polar surface area (TPSA) is 32.3 Å². The molecule has 0 aliphatic heterocycles. The summed E-state index contributed by atoms with van der Waals surface area (Å²) in [6, 6.07) is 20.0. The zero-order chi connectivity index (χ0) is 18.2. The van der Waals surface area contributed by atoms with Gasteiger partial charge in [-0.25, -0.2) is 0 Å². The summed E-state index contributed by atoms with van der Waals surface area (Å²) in [5, 5.41) is 3.34. The van der Waals surface area contributed by atoms with E-state index in [0.717, 1.165) is 5.56 Å². The number of hydrogen-bond donors (Lipinski definition) is 1. The van der Waals surface area contributed by atoms with Gasteiger partial charge in [0.15, 0.2) is 0 Å². The number of nitrogens with one attached hydrogen (secondary N) is 1. The normalized spacial score (nSPS) is 11.8. The minimum Gasteiger partial charge on any atom is -0.374 e. The van der Waals surface area contributed by atoms with Gasteiger partial charge in [-0.05, 0) is 17.0 Å². The van der Waals surface area contributed by atoms with Crippen molar-refractivity contribution in [2.45, 2.75) is 39.9 Å². The molecule has 0 unspecified atom stereocenters. The molecule has 1 amide bonds. The van der Waals surface area contributed by atoms with Crippen molar-refractivity contribution in [1.29, 1.82) is 0 Å². The van der Waals surface area contributed by atoms with Gasteiger partial charge in [0.2, 0.25) is 5.91 Å². The van der Waals surface area contributed by atoms with Crippen molar-refractivity contribution in [2.75, 3.05) is 0 Å². The van der Waals surface area contributed by atoms with Crippen molar-refractivity contribution in [3.05, 3.63) is 71.8 Å². The number of amides is 1. The predicted molar refractivity (Wildman–Crippen MR) is 107 cm³/mol. The highest BCUT2D eigenvalue weighted by Crippen LogP contribution is 2.17. The number of carbonyl (C=O) groups is 1. The summed E-state index contributed by atoms with van der Waals surface area (Å²) < 4.78 is 0. The maximum Gasteiger partial charge on any atom is 0.220 e. The summed E-state index contributed by atoms with van der Waals surface area (Å²) in [6.45, 7) is 7.04. The van der Waals surface area contributed by atoms with Crippen molar-refractivity contribution in [1.82, 2.24) is 10.2 Å². The van der Waals surface area contributed by atoms with Crippen LogP contribution in [0.1, 0.15) is 31.9 Å². The highest BCUT2D eigenvalue weighted by molar-refractivity contribution is 7.80. The molecule has 4 heteroatoms. The Morgan fingerprint density at radius 3 is 2.00 bits per heavy atom. The molecule has 0 saturated heterocycles. The number of hydrogen-bond acceptors (Lipinski definition) is 2. The summed E-state index contributed by atoms with van der Waals surface area (Å²) in [4.78, 5) is 14.9. The van der Waals surface area contributed by atoms with Gasteiger partial charge in [-0.3, -0.25) is 4.79 Å². The Labute approximate surface area is 156 Å². The molecule has 0 fully saturated rings. The summed E-state index contributed by atoms with van der Waals surface area (Å²) in [7, 11) is 0. The molecule has 132 valence electrons. The van der Waals surface area contributed by atoms with E-state index >= 15 is 0 Å². The molecule has 1 N–H and O–H groups in total. The molecule has 0 spiro atoms. The predicted octanol–water partition coefficient (Wildman–Crippen LogP) is 4.18. The quantitative estimate of drug-likeness (QED) is 0.757. The van der Waals surface area contributed by atoms with Crippen LogP contribution in [0.3, 0.4) is 0 Å². The van der Waals surface area contributed by atoms with E-state index < -0.39 is 0 Å². The van der Waals surface area contributed by atoms with Crippen LogP contribution >= 0.6 is 12.2 Å².